The van der Waals surface area contributed by atoms with Gasteiger partial charge in [0.15, 0.2) is 6.61 Å². The minimum absolute atomic E-state index is 0.0484. The van der Waals surface area contributed by atoms with E-state index in [0.29, 0.717) is 12.4 Å². The van der Waals surface area contributed by atoms with Gasteiger partial charge in [-0.1, -0.05) is 36.2 Å². The average Bonchev–Trinajstić information content (AvgIpc) is 2.48. The first-order valence-electron chi connectivity index (χ1n) is 7.45. The summed E-state index contributed by atoms with van der Waals surface area (Å²) in [6.07, 6.45) is 2.99. The van der Waals surface area contributed by atoms with Crippen molar-refractivity contribution in [2.75, 3.05) is 19.8 Å². The molecular weight excluding hydrogens is 334 g/mol. The molecule has 0 aliphatic rings. The summed E-state index contributed by atoms with van der Waals surface area (Å²) in [5.74, 6) is 0.357. The van der Waals surface area contributed by atoms with Crippen LogP contribution in [0.5, 0.6) is 5.75 Å². The van der Waals surface area contributed by atoms with Gasteiger partial charge in [0, 0.05) is 11.0 Å². The first-order chi connectivity index (χ1) is 10.2. The molecule has 118 valence electrons. The lowest BCUT2D eigenvalue weighted by Crippen LogP contribution is -2.16. The summed E-state index contributed by atoms with van der Waals surface area (Å²) < 4.78 is 11.6. The van der Waals surface area contributed by atoms with Crippen molar-refractivity contribution in [2.45, 2.75) is 39.7 Å². The van der Waals surface area contributed by atoms with E-state index in [0.717, 1.165) is 42.4 Å². The predicted molar refractivity (Wildman–Crippen MR) is 87.5 cm³/mol. The van der Waals surface area contributed by atoms with E-state index in [1.165, 1.54) is 0 Å². The number of carbonyl (C=O) groups is 1. The van der Waals surface area contributed by atoms with Crippen molar-refractivity contribution >= 4 is 21.9 Å². The second kappa shape index (κ2) is 10.6. The van der Waals surface area contributed by atoms with Crippen LogP contribution in [-0.4, -0.2) is 25.7 Å². The fraction of sp³-hybridized carbons (Fsp3) is 0.562. The van der Waals surface area contributed by atoms with Crippen molar-refractivity contribution in [3.8, 4) is 5.75 Å². The third-order valence-electron chi connectivity index (χ3n) is 2.88. The number of hydrogen-bond acceptors (Lipinski definition) is 4. The molecule has 0 spiro atoms. The van der Waals surface area contributed by atoms with Gasteiger partial charge in [-0.05, 0) is 43.1 Å². The molecule has 0 aliphatic heterocycles. The Bertz CT molecular complexity index is 438. The van der Waals surface area contributed by atoms with Gasteiger partial charge in [-0.25, -0.2) is 4.79 Å². The Morgan fingerprint density at radius 2 is 2.10 bits per heavy atom. The Morgan fingerprint density at radius 1 is 1.29 bits per heavy atom. The van der Waals surface area contributed by atoms with E-state index in [1.54, 1.807) is 0 Å². The lowest BCUT2D eigenvalue weighted by molar-refractivity contribution is -0.146. The molecule has 0 saturated carbocycles. The summed E-state index contributed by atoms with van der Waals surface area (Å²) in [6, 6.07) is 5.71. The summed E-state index contributed by atoms with van der Waals surface area (Å²) in [5, 5.41) is 3.34. The molecule has 0 fully saturated rings. The van der Waals surface area contributed by atoms with Crippen LogP contribution in [0.1, 0.15) is 38.7 Å². The van der Waals surface area contributed by atoms with Gasteiger partial charge in [-0.15, -0.1) is 0 Å². The number of rotatable bonds is 10. The number of carbonyl (C=O) groups excluding carboxylic acids is 1. The van der Waals surface area contributed by atoms with E-state index in [2.05, 4.69) is 35.1 Å². The van der Waals surface area contributed by atoms with Crippen molar-refractivity contribution in [2.24, 2.45) is 0 Å². The summed E-state index contributed by atoms with van der Waals surface area (Å²) in [4.78, 5) is 11.5. The molecule has 0 saturated heterocycles. The Labute approximate surface area is 135 Å². The molecule has 1 N–H and O–H groups in total. The van der Waals surface area contributed by atoms with E-state index >= 15 is 0 Å². The molecule has 0 heterocycles. The molecule has 0 aromatic heterocycles. The molecule has 0 aliphatic carbocycles. The van der Waals surface area contributed by atoms with Crippen LogP contribution in [-0.2, 0) is 16.1 Å². The first kappa shape index (κ1) is 18.0. The fourth-order valence-electron chi connectivity index (χ4n) is 1.69. The second-order valence-corrected chi connectivity index (χ2v) is 5.65. The zero-order chi connectivity index (χ0) is 15.5. The van der Waals surface area contributed by atoms with Crippen molar-refractivity contribution in [1.82, 2.24) is 5.32 Å². The molecule has 1 aromatic carbocycles. The highest BCUT2D eigenvalue weighted by Gasteiger charge is 2.06. The van der Waals surface area contributed by atoms with Crippen molar-refractivity contribution in [1.29, 1.82) is 0 Å². The van der Waals surface area contributed by atoms with Crippen LogP contribution in [0.25, 0.3) is 0 Å². The van der Waals surface area contributed by atoms with Gasteiger partial charge in [0.2, 0.25) is 0 Å². The number of benzene rings is 1. The van der Waals surface area contributed by atoms with E-state index in [1.807, 2.05) is 18.2 Å². The third-order valence-corrected chi connectivity index (χ3v) is 3.65. The highest BCUT2D eigenvalue weighted by molar-refractivity contribution is 9.10. The molecule has 4 nitrogen and oxygen atoms in total. The van der Waals surface area contributed by atoms with Gasteiger partial charge in [0.05, 0.1) is 6.61 Å². The van der Waals surface area contributed by atoms with Gasteiger partial charge in [0.25, 0.3) is 0 Å². The maximum absolute atomic E-state index is 11.5. The number of unbranched alkanes of at least 4 members (excludes halogenated alkanes) is 1. The topological polar surface area (TPSA) is 47.6 Å². The number of ether oxygens (including phenoxy) is 2. The monoisotopic (exact) mass is 357 g/mol. The van der Waals surface area contributed by atoms with Crippen LogP contribution in [0.4, 0.5) is 0 Å². The maximum Gasteiger partial charge on any atom is 0.344 e. The van der Waals surface area contributed by atoms with Crippen LogP contribution in [0.3, 0.4) is 0 Å². The number of hydrogen-bond donors (Lipinski definition) is 1. The smallest absolute Gasteiger partial charge is 0.344 e. The highest BCUT2D eigenvalue weighted by Crippen LogP contribution is 2.22. The van der Waals surface area contributed by atoms with Gasteiger partial charge < -0.3 is 14.8 Å². The molecule has 5 heteroatoms. The zero-order valence-electron chi connectivity index (χ0n) is 12.8. The molecule has 0 atom stereocenters. The van der Waals surface area contributed by atoms with Crippen molar-refractivity contribution < 1.29 is 14.3 Å². The lowest BCUT2D eigenvalue weighted by atomic mass is 10.2. The van der Waals surface area contributed by atoms with Gasteiger partial charge >= 0.3 is 5.97 Å². The molecule has 0 bridgehead atoms. The molecule has 0 radical (unpaired) electrons. The van der Waals surface area contributed by atoms with Crippen LogP contribution in [0.2, 0.25) is 0 Å². The largest absolute Gasteiger partial charge is 0.482 e. The SMILES string of the molecule is CCCCOC(=O)COc1ccc(Br)c(CNCCC)c1. The fourth-order valence-corrected chi connectivity index (χ4v) is 2.08. The van der Waals surface area contributed by atoms with E-state index < -0.39 is 0 Å². The number of halogens is 1. The molecule has 21 heavy (non-hydrogen) atoms. The Hall–Kier alpha value is -1.07. The minimum atomic E-state index is -0.322. The van der Waals surface area contributed by atoms with E-state index in [4.69, 9.17) is 9.47 Å². The summed E-state index contributed by atoms with van der Waals surface area (Å²) in [5.41, 5.74) is 1.11. The lowest BCUT2D eigenvalue weighted by Gasteiger charge is -2.10. The standard InChI is InChI=1S/C16H24BrNO3/c1-3-5-9-20-16(19)12-21-14-6-7-15(17)13(10-14)11-18-8-4-2/h6-7,10,18H,3-5,8-9,11-12H2,1-2H3. The molecule has 1 aromatic rings. The summed E-state index contributed by atoms with van der Waals surface area (Å²) in [7, 11) is 0. The van der Waals surface area contributed by atoms with Gasteiger partial charge in [-0.2, -0.15) is 0 Å². The zero-order valence-corrected chi connectivity index (χ0v) is 14.4. The van der Waals surface area contributed by atoms with Gasteiger partial charge in [-0.3, -0.25) is 0 Å². The first-order valence-corrected chi connectivity index (χ1v) is 8.24. The van der Waals surface area contributed by atoms with E-state index in [9.17, 15) is 4.79 Å². The Kier molecular flexibility index (Phi) is 9.10. The third kappa shape index (κ3) is 7.48. The Balaban J connectivity index is 2.44. The summed E-state index contributed by atoms with van der Waals surface area (Å²) >= 11 is 3.52. The summed E-state index contributed by atoms with van der Waals surface area (Å²) in [6.45, 7) is 6.35. The van der Waals surface area contributed by atoms with Gasteiger partial charge in [0.1, 0.15) is 5.75 Å². The predicted octanol–water partition coefficient (Wildman–Crippen LogP) is 3.67. The highest BCUT2D eigenvalue weighted by atomic mass is 79.9. The average molecular weight is 358 g/mol. The second-order valence-electron chi connectivity index (χ2n) is 4.79. The molecule has 0 unspecified atom stereocenters. The van der Waals surface area contributed by atoms with Crippen LogP contribution >= 0.6 is 15.9 Å². The molecule has 1 rings (SSSR count). The van der Waals surface area contributed by atoms with E-state index in [-0.39, 0.29) is 12.6 Å². The quantitative estimate of drug-likeness (QED) is 0.512. The number of esters is 1. The number of nitrogens with one attached hydrogen (secondary N) is 1. The maximum atomic E-state index is 11.5. The minimum Gasteiger partial charge on any atom is -0.482 e. The Morgan fingerprint density at radius 3 is 2.81 bits per heavy atom. The van der Waals surface area contributed by atoms with Crippen molar-refractivity contribution in [3.63, 3.8) is 0 Å². The van der Waals surface area contributed by atoms with Crippen molar-refractivity contribution in [3.05, 3.63) is 28.2 Å². The molecular formula is C16H24BrNO3. The van der Waals surface area contributed by atoms with Crippen LogP contribution in [0.15, 0.2) is 22.7 Å². The van der Waals surface area contributed by atoms with Crippen LogP contribution < -0.4 is 10.1 Å². The normalized spacial score (nSPS) is 10.4. The molecule has 0 amide bonds. The van der Waals surface area contributed by atoms with Crippen LogP contribution in [0, 0.1) is 0 Å².